The van der Waals surface area contributed by atoms with Gasteiger partial charge in [-0.2, -0.15) is 15.0 Å². The van der Waals surface area contributed by atoms with Crippen molar-refractivity contribution in [2.75, 3.05) is 0 Å². The van der Waals surface area contributed by atoms with E-state index in [1.165, 1.54) is 31.5 Å². The van der Waals surface area contributed by atoms with Gasteiger partial charge in [-0.15, -0.1) is 0 Å². The zero-order chi connectivity index (χ0) is 46.2. The van der Waals surface area contributed by atoms with Gasteiger partial charge in [0, 0.05) is 37.9 Å². The molecule has 70 heavy (non-hydrogen) atoms. The standard InChI is InChI=1S/C63H42N6Si/c1-4-22-43(23-5-1)70(44-24-6-2-7-25-44,45-26-8-3-9-27-45)46-40-41-60-53(42-46)51-32-14-16-34-54(51)67(60)59-39-21-15-33-52(59)61-64-62(68-55-35-17-10-28-47(55)48-29-11-18-36-56(48)68)66-63(65-61)69-57-37-19-12-30-49(57)50-31-13-20-38-58(50)69/h1-42H. The highest BCUT2D eigenvalue weighted by molar-refractivity contribution is 7.20. The minimum atomic E-state index is -2.82. The Labute approximate surface area is 404 Å². The second-order valence-electron chi connectivity index (χ2n) is 17.9. The lowest BCUT2D eigenvalue weighted by Crippen LogP contribution is -2.74. The third-order valence-corrected chi connectivity index (χ3v) is 19.1. The van der Waals surface area contributed by atoms with Crippen LogP contribution in [-0.4, -0.2) is 36.7 Å². The number of hydrogen-bond acceptors (Lipinski definition) is 3. The molecular weight excluding hydrogens is 869 g/mol. The summed E-state index contributed by atoms with van der Waals surface area (Å²) in [6.07, 6.45) is 0. The van der Waals surface area contributed by atoms with Gasteiger partial charge in [0.2, 0.25) is 11.9 Å². The highest BCUT2D eigenvalue weighted by Gasteiger charge is 2.41. The van der Waals surface area contributed by atoms with E-state index in [4.69, 9.17) is 15.0 Å². The summed E-state index contributed by atoms with van der Waals surface area (Å²) in [4.78, 5) is 16.5. The summed E-state index contributed by atoms with van der Waals surface area (Å²) in [7, 11) is -2.82. The third-order valence-electron chi connectivity index (χ3n) is 14.3. The molecule has 0 saturated heterocycles. The molecule has 0 N–H and O–H groups in total. The van der Waals surface area contributed by atoms with Crippen LogP contribution >= 0.6 is 0 Å². The minimum Gasteiger partial charge on any atom is -0.309 e. The number of benzene rings is 10. The van der Waals surface area contributed by atoms with Crippen LogP contribution in [0.1, 0.15) is 0 Å². The Balaban J connectivity index is 1.04. The van der Waals surface area contributed by atoms with Gasteiger partial charge in [0.25, 0.3) is 0 Å². The van der Waals surface area contributed by atoms with E-state index in [2.05, 4.69) is 268 Å². The molecule has 14 aromatic rings. The number of fused-ring (bicyclic) bond motifs is 9. The largest absolute Gasteiger partial charge is 0.309 e. The molecule has 6 nitrogen and oxygen atoms in total. The highest BCUT2D eigenvalue weighted by Crippen LogP contribution is 2.38. The van der Waals surface area contributed by atoms with Crippen molar-refractivity contribution in [3.63, 3.8) is 0 Å². The number of hydrogen-bond donors (Lipinski definition) is 0. The van der Waals surface area contributed by atoms with Crippen molar-refractivity contribution in [2.45, 2.75) is 0 Å². The molecule has 4 heterocycles. The van der Waals surface area contributed by atoms with Crippen molar-refractivity contribution in [1.82, 2.24) is 28.7 Å². The highest BCUT2D eigenvalue weighted by atomic mass is 28.3. The fourth-order valence-corrected chi connectivity index (χ4v) is 16.1. The van der Waals surface area contributed by atoms with E-state index in [1.54, 1.807) is 0 Å². The Hall–Kier alpha value is -9.17. The molecule has 0 radical (unpaired) electrons. The van der Waals surface area contributed by atoms with E-state index in [1.807, 2.05) is 0 Å². The van der Waals surface area contributed by atoms with Crippen molar-refractivity contribution in [1.29, 1.82) is 0 Å². The molecule has 0 spiro atoms. The predicted molar refractivity (Wildman–Crippen MR) is 292 cm³/mol. The van der Waals surface area contributed by atoms with Crippen LogP contribution in [0.15, 0.2) is 255 Å². The van der Waals surface area contributed by atoms with Crippen molar-refractivity contribution in [2.24, 2.45) is 0 Å². The summed E-state index contributed by atoms with van der Waals surface area (Å²) in [6.45, 7) is 0. The van der Waals surface area contributed by atoms with Crippen molar-refractivity contribution in [3.8, 4) is 29.0 Å². The molecule has 14 rings (SSSR count). The van der Waals surface area contributed by atoms with Gasteiger partial charge in [0.15, 0.2) is 13.9 Å². The number of rotatable bonds is 8. The van der Waals surface area contributed by atoms with E-state index in [0.29, 0.717) is 17.7 Å². The van der Waals surface area contributed by atoms with Gasteiger partial charge in [0.05, 0.1) is 38.8 Å². The van der Waals surface area contributed by atoms with Gasteiger partial charge < -0.3 is 4.57 Å². The molecule has 0 unspecified atom stereocenters. The summed E-state index contributed by atoms with van der Waals surface area (Å²) in [5, 5.41) is 12.3. The lowest BCUT2D eigenvalue weighted by Gasteiger charge is -2.34. The van der Waals surface area contributed by atoms with Crippen LogP contribution in [0.3, 0.4) is 0 Å². The normalized spacial score (nSPS) is 12.0. The summed E-state index contributed by atoms with van der Waals surface area (Å²) >= 11 is 0. The topological polar surface area (TPSA) is 53.5 Å². The zero-order valence-electron chi connectivity index (χ0n) is 37.9. The Morgan fingerprint density at radius 2 is 0.600 bits per heavy atom. The van der Waals surface area contributed by atoms with Gasteiger partial charge in [-0.05, 0) is 69.3 Å². The van der Waals surface area contributed by atoms with E-state index in [-0.39, 0.29) is 0 Å². The van der Waals surface area contributed by atoms with E-state index in [9.17, 15) is 0 Å². The molecule has 0 bridgehead atoms. The number of nitrogens with zero attached hydrogens (tertiary/aromatic N) is 6. The number of para-hydroxylation sites is 6. The molecule has 0 aliphatic rings. The number of aromatic nitrogens is 6. The molecule has 7 heteroatoms. The summed E-state index contributed by atoms with van der Waals surface area (Å²) < 4.78 is 6.80. The first-order valence-corrected chi connectivity index (χ1v) is 25.8. The first-order chi connectivity index (χ1) is 34.8. The van der Waals surface area contributed by atoms with Crippen LogP contribution in [-0.2, 0) is 0 Å². The van der Waals surface area contributed by atoms with Crippen molar-refractivity contribution >= 4 is 94.2 Å². The quantitative estimate of drug-likeness (QED) is 0.113. The van der Waals surface area contributed by atoms with Gasteiger partial charge in [-0.1, -0.05) is 206 Å². The molecule has 0 aliphatic carbocycles. The average Bonchev–Trinajstić information content (AvgIpc) is 4.08. The maximum absolute atomic E-state index is 5.51. The smallest absolute Gasteiger partial charge is 0.240 e. The van der Waals surface area contributed by atoms with Crippen LogP contribution in [0.25, 0.3) is 94.4 Å². The SMILES string of the molecule is c1ccc([Si](c2ccccc2)(c2ccccc2)c2ccc3c(c2)c2ccccc2n3-c2ccccc2-c2nc(-n3c4ccccc4c4ccccc43)nc(-n3c4ccccc4c4ccccc43)n2)cc1. The van der Waals surface area contributed by atoms with Crippen LogP contribution in [0.4, 0.5) is 0 Å². The van der Waals surface area contributed by atoms with Crippen LogP contribution < -0.4 is 20.7 Å². The molecule has 0 aliphatic heterocycles. The Morgan fingerprint density at radius 3 is 1.04 bits per heavy atom. The molecule has 0 saturated carbocycles. The molecule has 10 aromatic carbocycles. The Morgan fingerprint density at radius 1 is 0.257 bits per heavy atom. The first-order valence-electron chi connectivity index (χ1n) is 23.8. The maximum Gasteiger partial charge on any atom is 0.240 e. The van der Waals surface area contributed by atoms with Crippen molar-refractivity contribution in [3.05, 3.63) is 255 Å². The molecular formula is C63H42N6Si. The second kappa shape index (κ2) is 16.0. The lowest BCUT2D eigenvalue weighted by molar-refractivity contribution is 0.892. The average molecular weight is 911 g/mol. The van der Waals surface area contributed by atoms with E-state index in [0.717, 1.165) is 65.9 Å². The first kappa shape index (κ1) is 39.9. The molecule has 4 aromatic heterocycles. The van der Waals surface area contributed by atoms with Crippen LogP contribution in [0.2, 0.25) is 0 Å². The summed E-state index contributed by atoms with van der Waals surface area (Å²) in [5.74, 6) is 1.67. The fraction of sp³-hybridized carbons (Fsp3) is 0. The van der Waals surface area contributed by atoms with Gasteiger partial charge in [-0.25, -0.2) is 0 Å². The minimum absolute atomic E-state index is 0.546. The summed E-state index contributed by atoms with van der Waals surface area (Å²) in [6, 6.07) is 92.1. The van der Waals surface area contributed by atoms with Crippen molar-refractivity contribution < 1.29 is 0 Å². The Kier molecular flexibility index (Phi) is 9.12. The molecule has 0 amide bonds. The van der Waals surface area contributed by atoms with Crippen LogP contribution in [0.5, 0.6) is 0 Å². The maximum atomic E-state index is 5.51. The van der Waals surface area contributed by atoms with E-state index >= 15 is 0 Å². The monoisotopic (exact) mass is 910 g/mol. The lowest BCUT2D eigenvalue weighted by atomic mass is 10.1. The Bertz CT molecular complexity index is 3970. The summed E-state index contributed by atoms with van der Waals surface area (Å²) in [5.41, 5.74) is 8.20. The van der Waals surface area contributed by atoms with Gasteiger partial charge >= 0.3 is 0 Å². The van der Waals surface area contributed by atoms with Crippen LogP contribution in [0, 0.1) is 0 Å². The molecule has 0 fully saturated rings. The fourth-order valence-electron chi connectivity index (χ4n) is 11.3. The molecule has 0 atom stereocenters. The molecule has 328 valence electrons. The van der Waals surface area contributed by atoms with Gasteiger partial charge in [-0.3, -0.25) is 9.13 Å². The second-order valence-corrected chi connectivity index (χ2v) is 21.8. The predicted octanol–water partition coefficient (Wildman–Crippen LogP) is 12.2. The van der Waals surface area contributed by atoms with Gasteiger partial charge in [0.1, 0.15) is 0 Å². The third kappa shape index (κ3) is 5.95. The zero-order valence-corrected chi connectivity index (χ0v) is 38.9. The van der Waals surface area contributed by atoms with E-state index < -0.39 is 8.07 Å².